The lowest BCUT2D eigenvalue weighted by Gasteiger charge is -2.36. The molecule has 2 aliphatic heterocycles. The van der Waals surface area contributed by atoms with E-state index < -0.39 is 0 Å². The molecule has 2 fully saturated rings. The number of rotatable bonds is 5. The van der Waals surface area contributed by atoms with Gasteiger partial charge in [0.25, 0.3) is 5.91 Å². The van der Waals surface area contributed by atoms with E-state index in [0.717, 1.165) is 36.1 Å². The van der Waals surface area contributed by atoms with Gasteiger partial charge in [0.05, 0.1) is 31.2 Å². The van der Waals surface area contributed by atoms with E-state index in [0.29, 0.717) is 43.6 Å². The molecule has 3 aromatic rings. The molecular formula is C22H26N6O4. The van der Waals surface area contributed by atoms with Crippen molar-refractivity contribution in [3.05, 3.63) is 36.3 Å². The highest BCUT2D eigenvalue weighted by molar-refractivity contribution is 5.96. The summed E-state index contributed by atoms with van der Waals surface area (Å²) in [7, 11) is 3.30. The van der Waals surface area contributed by atoms with Gasteiger partial charge in [-0.15, -0.1) is 5.10 Å². The molecule has 4 heterocycles. The molecule has 168 valence electrons. The number of hydrogen-bond donors (Lipinski definition) is 0. The van der Waals surface area contributed by atoms with Gasteiger partial charge in [0.15, 0.2) is 0 Å². The van der Waals surface area contributed by atoms with Crippen LogP contribution in [0.25, 0.3) is 10.9 Å². The number of methoxy groups -OCH3 is 1. The first-order chi connectivity index (χ1) is 15.6. The minimum absolute atomic E-state index is 0.0239. The van der Waals surface area contributed by atoms with Crippen molar-refractivity contribution >= 4 is 22.5 Å². The Hall–Kier alpha value is -3.40. The molecule has 0 bridgehead atoms. The number of carbonyl (C=O) groups is 1. The zero-order chi connectivity index (χ0) is 22.1. The molecular weight excluding hydrogens is 412 g/mol. The monoisotopic (exact) mass is 438 g/mol. The summed E-state index contributed by atoms with van der Waals surface area (Å²) in [5, 5.41) is 5.07. The number of hydrogen-bond acceptors (Lipinski definition) is 8. The van der Waals surface area contributed by atoms with Crippen LogP contribution in [0.2, 0.25) is 0 Å². The maximum absolute atomic E-state index is 13.0. The number of amides is 1. The van der Waals surface area contributed by atoms with E-state index in [-0.39, 0.29) is 12.0 Å². The molecule has 5 rings (SSSR count). The van der Waals surface area contributed by atoms with Crippen LogP contribution in [0.3, 0.4) is 0 Å². The van der Waals surface area contributed by atoms with Gasteiger partial charge in [0, 0.05) is 51.5 Å². The normalized spacial score (nSPS) is 18.9. The second kappa shape index (κ2) is 8.62. The molecule has 0 radical (unpaired) electrons. The minimum atomic E-state index is -0.0593. The molecule has 0 aliphatic carbocycles. The Balaban J connectivity index is 1.30. The first kappa shape index (κ1) is 20.5. The van der Waals surface area contributed by atoms with Crippen LogP contribution >= 0.6 is 0 Å². The summed E-state index contributed by atoms with van der Waals surface area (Å²) in [5.41, 5.74) is 2.39. The summed E-state index contributed by atoms with van der Waals surface area (Å²) in [6.07, 6.45) is 4.12. The standard InChI is InChI=1S/C22H26N6O4/c1-26-12-18(21(25-26)30-2)22(29)28-8-6-27(7-9-28)15-3-4-19-17(11-15)20(24-14-23-19)32-16-5-10-31-13-16/h3-4,11-12,14,16H,5-10,13H2,1-2H3. The number of fused-ring (bicyclic) bond motifs is 1. The summed E-state index contributed by atoms with van der Waals surface area (Å²) in [5.74, 6) is 0.885. The third-order valence-corrected chi connectivity index (χ3v) is 5.90. The van der Waals surface area contributed by atoms with Gasteiger partial charge < -0.3 is 24.0 Å². The van der Waals surface area contributed by atoms with E-state index in [1.807, 2.05) is 11.0 Å². The van der Waals surface area contributed by atoms with Gasteiger partial charge in [-0.3, -0.25) is 9.48 Å². The van der Waals surface area contributed by atoms with Crippen LogP contribution in [-0.2, 0) is 11.8 Å². The van der Waals surface area contributed by atoms with Crippen LogP contribution in [0, 0.1) is 0 Å². The van der Waals surface area contributed by atoms with Crippen LogP contribution in [0.5, 0.6) is 11.8 Å². The van der Waals surface area contributed by atoms with Gasteiger partial charge >= 0.3 is 0 Å². The van der Waals surface area contributed by atoms with Gasteiger partial charge in [-0.2, -0.15) is 0 Å². The summed E-state index contributed by atoms with van der Waals surface area (Å²) in [6.45, 7) is 3.97. The summed E-state index contributed by atoms with van der Waals surface area (Å²) >= 11 is 0. The average molecular weight is 438 g/mol. The van der Waals surface area contributed by atoms with Crippen LogP contribution in [0.1, 0.15) is 16.8 Å². The number of piperazine rings is 1. The average Bonchev–Trinajstić information content (AvgIpc) is 3.48. The first-order valence-corrected chi connectivity index (χ1v) is 10.7. The Morgan fingerprint density at radius 1 is 1.16 bits per heavy atom. The SMILES string of the molecule is COc1nn(C)cc1C(=O)N1CCN(c2ccc3ncnc(OC4CCOC4)c3c2)CC1. The highest BCUT2D eigenvalue weighted by Gasteiger charge is 2.27. The maximum Gasteiger partial charge on any atom is 0.261 e. The lowest BCUT2D eigenvalue weighted by atomic mass is 10.1. The Labute approximate surface area is 185 Å². The predicted octanol–water partition coefficient (Wildman–Crippen LogP) is 1.50. The Morgan fingerprint density at radius 3 is 2.75 bits per heavy atom. The number of ether oxygens (including phenoxy) is 3. The van der Waals surface area contributed by atoms with Crippen molar-refractivity contribution in [2.45, 2.75) is 12.5 Å². The minimum Gasteiger partial charge on any atom is -0.479 e. The number of anilines is 1. The number of carbonyl (C=O) groups excluding carboxylic acids is 1. The lowest BCUT2D eigenvalue weighted by Crippen LogP contribution is -2.48. The van der Waals surface area contributed by atoms with Gasteiger partial charge in [0.2, 0.25) is 11.8 Å². The van der Waals surface area contributed by atoms with Crippen molar-refractivity contribution in [1.29, 1.82) is 0 Å². The molecule has 10 heteroatoms. The fraction of sp³-hybridized carbons (Fsp3) is 0.455. The molecule has 2 aromatic heterocycles. The summed E-state index contributed by atoms with van der Waals surface area (Å²) < 4.78 is 18.3. The van der Waals surface area contributed by atoms with Crippen molar-refractivity contribution in [1.82, 2.24) is 24.6 Å². The molecule has 32 heavy (non-hydrogen) atoms. The molecule has 1 amide bonds. The van der Waals surface area contributed by atoms with Gasteiger partial charge in [0.1, 0.15) is 18.0 Å². The predicted molar refractivity (Wildman–Crippen MR) is 117 cm³/mol. The molecule has 2 aliphatic rings. The highest BCUT2D eigenvalue weighted by atomic mass is 16.5. The van der Waals surface area contributed by atoms with Crippen LogP contribution in [0.4, 0.5) is 5.69 Å². The van der Waals surface area contributed by atoms with E-state index in [1.165, 1.54) is 13.4 Å². The van der Waals surface area contributed by atoms with Gasteiger partial charge in [-0.1, -0.05) is 0 Å². The topological polar surface area (TPSA) is 94.8 Å². The molecule has 0 N–H and O–H groups in total. The fourth-order valence-corrected chi connectivity index (χ4v) is 4.18. The number of nitrogens with zero attached hydrogens (tertiary/aromatic N) is 6. The van der Waals surface area contributed by atoms with Crippen LogP contribution in [0.15, 0.2) is 30.7 Å². The molecule has 10 nitrogen and oxygen atoms in total. The van der Waals surface area contributed by atoms with E-state index in [4.69, 9.17) is 14.2 Å². The molecule has 1 aromatic carbocycles. The molecule has 1 unspecified atom stereocenters. The molecule has 0 saturated carbocycles. The zero-order valence-electron chi connectivity index (χ0n) is 18.2. The van der Waals surface area contributed by atoms with E-state index in [2.05, 4.69) is 32.1 Å². The Bertz CT molecular complexity index is 1120. The number of benzene rings is 1. The van der Waals surface area contributed by atoms with Crippen molar-refractivity contribution in [2.24, 2.45) is 7.05 Å². The van der Waals surface area contributed by atoms with Crippen molar-refractivity contribution in [3.8, 4) is 11.8 Å². The van der Waals surface area contributed by atoms with Crippen molar-refractivity contribution < 1.29 is 19.0 Å². The fourth-order valence-electron chi connectivity index (χ4n) is 4.18. The molecule has 0 spiro atoms. The highest BCUT2D eigenvalue weighted by Crippen LogP contribution is 2.29. The largest absolute Gasteiger partial charge is 0.479 e. The van der Waals surface area contributed by atoms with Gasteiger partial charge in [-0.05, 0) is 18.2 Å². The van der Waals surface area contributed by atoms with Crippen LogP contribution < -0.4 is 14.4 Å². The second-order valence-corrected chi connectivity index (χ2v) is 7.99. The van der Waals surface area contributed by atoms with Gasteiger partial charge in [-0.25, -0.2) is 9.97 Å². The number of aromatic nitrogens is 4. The van der Waals surface area contributed by atoms with Crippen molar-refractivity contribution in [3.63, 3.8) is 0 Å². The third kappa shape index (κ3) is 3.93. The van der Waals surface area contributed by atoms with E-state index in [1.54, 1.807) is 17.9 Å². The molecule has 2 saturated heterocycles. The third-order valence-electron chi connectivity index (χ3n) is 5.90. The Kier molecular flexibility index (Phi) is 5.52. The lowest BCUT2D eigenvalue weighted by molar-refractivity contribution is 0.0743. The maximum atomic E-state index is 13.0. The van der Waals surface area contributed by atoms with Crippen LogP contribution in [-0.4, -0.2) is 83.2 Å². The first-order valence-electron chi connectivity index (χ1n) is 10.7. The Morgan fingerprint density at radius 2 is 2.00 bits per heavy atom. The van der Waals surface area contributed by atoms with Crippen molar-refractivity contribution in [2.75, 3.05) is 51.4 Å². The summed E-state index contributed by atoms with van der Waals surface area (Å²) in [6, 6.07) is 6.11. The van der Waals surface area contributed by atoms with E-state index in [9.17, 15) is 4.79 Å². The summed E-state index contributed by atoms with van der Waals surface area (Å²) in [4.78, 5) is 25.8. The second-order valence-electron chi connectivity index (χ2n) is 7.99. The smallest absolute Gasteiger partial charge is 0.261 e. The zero-order valence-corrected chi connectivity index (χ0v) is 18.2. The molecule has 1 atom stereocenters. The van der Waals surface area contributed by atoms with E-state index >= 15 is 0 Å². The quantitative estimate of drug-likeness (QED) is 0.592. The number of aryl methyl sites for hydroxylation is 1.